The maximum Gasteiger partial charge on any atom is 0.191 e. The number of thiophene rings is 1. The molecule has 0 fully saturated rings. The topological polar surface area (TPSA) is 41.6 Å². The first-order valence-corrected chi connectivity index (χ1v) is 5.53. The van der Waals surface area contributed by atoms with Gasteiger partial charge in [-0.2, -0.15) is 5.10 Å². The Kier molecular flexibility index (Phi) is 2.37. The van der Waals surface area contributed by atoms with Crippen LogP contribution in [0.15, 0.2) is 11.4 Å². The number of H-pyrrole nitrogens is 1. The number of nitrogens with one attached hydrogen (secondary N) is 1. The molecule has 2 rings (SSSR count). The van der Waals surface area contributed by atoms with Gasteiger partial charge in [0.05, 0.1) is 4.88 Å². The molecule has 1 N–H and O–H groups in total. The summed E-state index contributed by atoms with van der Waals surface area (Å²) >= 11 is 1.68. The van der Waals surface area contributed by atoms with E-state index in [1.807, 2.05) is 0 Å². The van der Waals surface area contributed by atoms with Crippen molar-refractivity contribution >= 4 is 11.3 Å². The molecular formula is C10H13N3S. The molecule has 0 saturated carbocycles. The average molecular weight is 207 g/mol. The number of hydrogen-bond donors (Lipinski definition) is 1. The van der Waals surface area contributed by atoms with Crippen LogP contribution < -0.4 is 0 Å². The Balaban J connectivity index is 2.39. The lowest BCUT2D eigenvalue weighted by atomic mass is 10.2. The molecule has 2 heterocycles. The Hall–Kier alpha value is -1.16. The summed E-state index contributed by atoms with van der Waals surface area (Å²) in [6.07, 6.45) is 0. The molecule has 0 aromatic carbocycles. The third kappa shape index (κ3) is 1.57. The molecule has 0 atom stereocenters. The van der Waals surface area contributed by atoms with Crippen molar-refractivity contribution in [1.82, 2.24) is 15.2 Å². The van der Waals surface area contributed by atoms with Crippen molar-refractivity contribution < 1.29 is 0 Å². The van der Waals surface area contributed by atoms with Gasteiger partial charge in [0.1, 0.15) is 5.82 Å². The Bertz CT molecular complexity index is 428. The van der Waals surface area contributed by atoms with E-state index in [-0.39, 0.29) is 0 Å². The van der Waals surface area contributed by atoms with Gasteiger partial charge in [-0.1, -0.05) is 13.8 Å². The monoisotopic (exact) mass is 207 g/mol. The molecule has 0 aliphatic rings. The maximum absolute atomic E-state index is 4.46. The zero-order valence-corrected chi connectivity index (χ0v) is 9.35. The Morgan fingerprint density at radius 1 is 1.43 bits per heavy atom. The first-order chi connectivity index (χ1) is 6.68. The van der Waals surface area contributed by atoms with Crippen LogP contribution in [0.3, 0.4) is 0 Å². The molecule has 0 aliphatic carbocycles. The zero-order chi connectivity index (χ0) is 10.1. The Labute approximate surface area is 87.2 Å². The van der Waals surface area contributed by atoms with Crippen molar-refractivity contribution in [3.05, 3.63) is 22.8 Å². The van der Waals surface area contributed by atoms with Crippen molar-refractivity contribution in [2.75, 3.05) is 0 Å². The van der Waals surface area contributed by atoms with Crippen LogP contribution in [0.5, 0.6) is 0 Å². The highest BCUT2D eigenvalue weighted by molar-refractivity contribution is 7.13. The molecule has 2 aromatic rings. The molecule has 0 radical (unpaired) electrons. The number of rotatable bonds is 2. The second-order valence-electron chi connectivity index (χ2n) is 3.63. The Morgan fingerprint density at radius 2 is 2.21 bits per heavy atom. The van der Waals surface area contributed by atoms with E-state index in [1.54, 1.807) is 11.3 Å². The van der Waals surface area contributed by atoms with Gasteiger partial charge in [-0.05, 0) is 23.9 Å². The van der Waals surface area contributed by atoms with Crippen LogP contribution in [0, 0.1) is 6.92 Å². The van der Waals surface area contributed by atoms with Crippen LogP contribution in [0.2, 0.25) is 0 Å². The van der Waals surface area contributed by atoms with E-state index in [0.29, 0.717) is 5.92 Å². The van der Waals surface area contributed by atoms with E-state index in [4.69, 9.17) is 0 Å². The van der Waals surface area contributed by atoms with Gasteiger partial charge < -0.3 is 0 Å². The van der Waals surface area contributed by atoms with E-state index < -0.39 is 0 Å². The lowest BCUT2D eigenvalue weighted by Crippen LogP contribution is -1.89. The second kappa shape index (κ2) is 3.53. The molecular weight excluding hydrogens is 194 g/mol. The van der Waals surface area contributed by atoms with E-state index in [9.17, 15) is 0 Å². The van der Waals surface area contributed by atoms with Crippen LogP contribution in [0.1, 0.15) is 31.2 Å². The summed E-state index contributed by atoms with van der Waals surface area (Å²) < 4.78 is 0. The minimum Gasteiger partial charge on any atom is -0.262 e. The van der Waals surface area contributed by atoms with Crippen molar-refractivity contribution in [1.29, 1.82) is 0 Å². The average Bonchev–Trinajstić information content (AvgIpc) is 2.71. The first-order valence-electron chi connectivity index (χ1n) is 4.65. The highest BCUT2D eigenvalue weighted by Gasteiger charge is 2.11. The quantitative estimate of drug-likeness (QED) is 0.822. The van der Waals surface area contributed by atoms with Gasteiger partial charge in [-0.25, -0.2) is 4.98 Å². The van der Waals surface area contributed by atoms with Crippen LogP contribution in [0.4, 0.5) is 0 Å². The van der Waals surface area contributed by atoms with E-state index in [2.05, 4.69) is 47.4 Å². The van der Waals surface area contributed by atoms with Gasteiger partial charge in [0.25, 0.3) is 0 Å². The summed E-state index contributed by atoms with van der Waals surface area (Å²) in [5, 5.41) is 9.25. The third-order valence-electron chi connectivity index (χ3n) is 2.11. The van der Waals surface area contributed by atoms with E-state index in [0.717, 1.165) is 16.5 Å². The molecule has 0 unspecified atom stereocenters. The Morgan fingerprint density at radius 3 is 2.71 bits per heavy atom. The summed E-state index contributed by atoms with van der Waals surface area (Å²) in [5.41, 5.74) is 1.24. The fraction of sp³-hybridized carbons (Fsp3) is 0.400. The fourth-order valence-corrected chi connectivity index (χ4v) is 2.09. The standard InChI is InChI=1S/C10H13N3S/c1-6(2)9-11-10(13-12-9)8-7(3)4-5-14-8/h4-6H,1-3H3,(H,11,12,13). The summed E-state index contributed by atoms with van der Waals surface area (Å²) in [7, 11) is 0. The molecule has 4 heteroatoms. The van der Waals surface area contributed by atoms with E-state index in [1.165, 1.54) is 5.56 Å². The SMILES string of the molecule is Cc1ccsc1-c1n[nH]c(C(C)C)n1. The molecule has 3 nitrogen and oxygen atoms in total. The van der Waals surface area contributed by atoms with Gasteiger partial charge in [0, 0.05) is 5.92 Å². The van der Waals surface area contributed by atoms with Crippen molar-refractivity contribution in [3.63, 3.8) is 0 Å². The predicted octanol–water partition coefficient (Wildman–Crippen LogP) is 2.97. The summed E-state index contributed by atoms with van der Waals surface area (Å²) in [4.78, 5) is 5.62. The molecule has 0 saturated heterocycles. The molecule has 0 amide bonds. The molecule has 0 bridgehead atoms. The number of nitrogens with zero attached hydrogens (tertiary/aromatic N) is 2. The van der Waals surface area contributed by atoms with Crippen LogP contribution in [-0.2, 0) is 0 Å². The van der Waals surface area contributed by atoms with Crippen LogP contribution >= 0.6 is 11.3 Å². The smallest absolute Gasteiger partial charge is 0.191 e. The van der Waals surface area contributed by atoms with Gasteiger partial charge in [0.2, 0.25) is 0 Å². The van der Waals surface area contributed by atoms with Crippen LogP contribution in [-0.4, -0.2) is 15.2 Å². The summed E-state index contributed by atoms with van der Waals surface area (Å²) in [6, 6.07) is 2.09. The first kappa shape index (κ1) is 9.40. The lowest BCUT2D eigenvalue weighted by molar-refractivity contribution is 0.781. The molecule has 0 aliphatic heterocycles. The predicted molar refractivity (Wildman–Crippen MR) is 58.5 cm³/mol. The van der Waals surface area contributed by atoms with Gasteiger partial charge in [0.15, 0.2) is 5.82 Å². The summed E-state index contributed by atoms with van der Waals surface area (Å²) in [6.45, 7) is 6.29. The highest BCUT2D eigenvalue weighted by Crippen LogP contribution is 2.26. The highest BCUT2D eigenvalue weighted by atomic mass is 32.1. The zero-order valence-electron chi connectivity index (χ0n) is 8.53. The largest absolute Gasteiger partial charge is 0.262 e. The van der Waals surface area contributed by atoms with Crippen molar-refractivity contribution in [2.45, 2.75) is 26.7 Å². The van der Waals surface area contributed by atoms with Gasteiger partial charge in [-0.15, -0.1) is 11.3 Å². The van der Waals surface area contributed by atoms with Gasteiger partial charge >= 0.3 is 0 Å². The summed E-state index contributed by atoms with van der Waals surface area (Å²) in [5.74, 6) is 2.17. The second-order valence-corrected chi connectivity index (χ2v) is 4.55. The fourth-order valence-electron chi connectivity index (χ4n) is 1.24. The van der Waals surface area contributed by atoms with Crippen molar-refractivity contribution in [3.8, 4) is 10.7 Å². The molecule has 2 aromatic heterocycles. The van der Waals surface area contributed by atoms with E-state index >= 15 is 0 Å². The number of aromatic amines is 1. The molecule has 14 heavy (non-hydrogen) atoms. The molecule has 74 valence electrons. The lowest BCUT2D eigenvalue weighted by Gasteiger charge is -1.95. The maximum atomic E-state index is 4.46. The molecule has 0 spiro atoms. The minimum atomic E-state index is 0.400. The number of hydrogen-bond acceptors (Lipinski definition) is 3. The van der Waals surface area contributed by atoms with Gasteiger partial charge in [-0.3, -0.25) is 5.10 Å². The third-order valence-corrected chi connectivity index (χ3v) is 3.13. The minimum absolute atomic E-state index is 0.400. The number of aryl methyl sites for hydroxylation is 1. The normalized spacial score (nSPS) is 11.1. The van der Waals surface area contributed by atoms with Crippen LogP contribution in [0.25, 0.3) is 10.7 Å². The van der Waals surface area contributed by atoms with Crippen molar-refractivity contribution in [2.24, 2.45) is 0 Å². The number of aromatic nitrogens is 3.